The summed E-state index contributed by atoms with van der Waals surface area (Å²) in [5.41, 5.74) is 2.82. The molecule has 1 rings (SSSR count). The number of rotatable bonds is 6. The summed E-state index contributed by atoms with van der Waals surface area (Å²) in [6.45, 7) is 4.51. The predicted molar refractivity (Wildman–Crippen MR) is 70.9 cm³/mol. The van der Waals surface area contributed by atoms with Gasteiger partial charge >= 0.3 is 0 Å². The first-order chi connectivity index (χ1) is 8.26. The molecule has 4 nitrogen and oxygen atoms in total. The van der Waals surface area contributed by atoms with E-state index in [2.05, 4.69) is 15.6 Å². The van der Waals surface area contributed by atoms with Crippen LogP contribution in [0, 0.1) is 0 Å². The highest BCUT2D eigenvalue weighted by Crippen LogP contribution is 2.09. The lowest BCUT2D eigenvalue weighted by Crippen LogP contribution is -2.05. The van der Waals surface area contributed by atoms with Crippen LogP contribution in [0.25, 0.3) is 0 Å². The number of nitrogens with zero attached hydrogens (tertiary/aromatic N) is 1. The van der Waals surface area contributed by atoms with Gasteiger partial charge in [-0.15, -0.1) is 0 Å². The van der Waals surface area contributed by atoms with Crippen LogP contribution in [-0.4, -0.2) is 12.6 Å². The minimum atomic E-state index is 0.673. The van der Waals surface area contributed by atoms with Crippen molar-refractivity contribution in [3.05, 3.63) is 41.7 Å². The summed E-state index contributed by atoms with van der Waals surface area (Å²) >= 11 is 0. The molecule has 0 atom stereocenters. The Balaban J connectivity index is 2.54. The van der Waals surface area contributed by atoms with Crippen LogP contribution >= 0.6 is 0 Å². The van der Waals surface area contributed by atoms with Crippen LogP contribution in [0.5, 0.6) is 0 Å². The number of allylic oxidation sites excluding steroid dienone is 1. The van der Waals surface area contributed by atoms with Gasteiger partial charge < -0.3 is 10.6 Å². The van der Waals surface area contributed by atoms with Gasteiger partial charge in [0.2, 0.25) is 6.41 Å². The molecule has 1 aromatic carbocycles. The number of carbonyl (C=O) groups is 1. The largest absolute Gasteiger partial charge is 0.385 e. The van der Waals surface area contributed by atoms with Crippen molar-refractivity contribution in [3.63, 3.8) is 0 Å². The van der Waals surface area contributed by atoms with Gasteiger partial charge in [0.05, 0.1) is 5.70 Å². The second-order valence-electron chi connectivity index (χ2n) is 3.52. The molecule has 0 radical (unpaired) electrons. The molecule has 2 N–H and O–H groups in total. The van der Waals surface area contributed by atoms with Crippen molar-refractivity contribution in [2.75, 3.05) is 5.32 Å². The maximum Gasteiger partial charge on any atom is 0.211 e. The first-order valence-electron chi connectivity index (χ1n) is 5.44. The molecular weight excluding hydrogens is 214 g/mol. The van der Waals surface area contributed by atoms with Gasteiger partial charge in [-0.2, -0.15) is 0 Å². The van der Waals surface area contributed by atoms with Gasteiger partial charge in [0, 0.05) is 24.6 Å². The Morgan fingerprint density at radius 2 is 2.29 bits per heavy atom. The highest BCUT2D eigenvalue weighted by atomic mass is 16.1. The Morgan fingerprint density at radius 1 is 1.47 bits per heavy atom. The van der Waals surface area contributed by atoms with Crippen LogP contribution in [0.15, 0.2) is 41.2 Å². The van der Waals surface area contributed by atoms with E-state index in [1.165, 1.54) is 0 Å². The average Bonchev–Trinajstić information content (AvgIpc) is 2.30. The van der Waals surface area contributed by atoms with E-state index < -0.39 is 0 Å². The summed E-state index contributed by atoms with van der Waals surface area (Å²) in [7, 11) is 0. The third-order valence-corrected chi connectivity index (χ3v) is 2.10. The fourth-order valence-electron chi connectivity index (χ4n) is 1.40. The van der Waals surface area contributed by atoms with Gasteiger partial charge in [0.15, 0.2) is 0 Å². The van der Waals surface area contributed by atoms with Crippen molar-refractivity contribution < 1.29 is 4.79 Å². The number of amides is 1. The molecule has 17 heavy (non-hydrogen) atoms. The smallest absolute Gasteiger partial charge is 0.211 e. The van der Waals surface area contributed by atoms with Gasteiger partial charge in [0.1, 0.15) is 0 Å². The van der Waals surface area contributed by atoms with Gasteiger partial charge in [-0.25, -0.2) is 0 Å². The van der Waals surface area contributed by atoms with Crippen molar-refractivity contribution in [2.24, 2.45) is 4.99 Å². The number of aliphatic imine (C=N–C) groups is 1. The predicted octanol–water partition coefficient (Wildman–Crippen LogP) is 2.30. The van der Waals surface area contributed by atoms with Gasteiger partial charge in [-0.1, -0.05) is 12.1 Å². The Bertz CT molecular complexity index is 424. The minimum Gasteiger partial charge on any atom is -0.385 e. The zero-order valence-electron chi connectivity index (χ0n) is 10.1. The lowest BCUT2D eigenvalue weighted by molar-refractivity contribution is -0.105. The van der Waals surface area contributed by atoms with Crippen LogP contribution in [0.2, 0.25) is 0 Å². The maximum absolute atomic E-state index is 10.3. The van der Waals surface area contributed by atoms with Crippen molar-refractivity contribution in [3.8, 4) is 0 Å². The molecule has 1 amide bonds. The molecule has 0 saturated carbocycles. The van der Waals surface area contributed by atoms with E-state index in [1.807, 2.05) is 44.3 Å². The van der Waals surface area contributed by atoms with E-state index in [0.717, 1.165) is 16.9 Å². The summed E-state index contributed by atoms with van der Waals surface area (Å²) < 4.78 is 0. The molecule has 0 bridgehead atoms. The highest BCUT2D eigenvalue weighted by molar-refractivity contribution is 5.71. The molecule has 0 saturated heterocycles. The third-order valence-electron chi connectivity index (χ3n) is 2.10. The number of hydrogen-bond acceptors (Lipinski definition) is 3. The Labute approximate surface area is 101 Å². The summed E-state index contributed by atoms with van der Waals surface area (Å²) in [4.78, 5) is 14.4. The number of anilines is 1. The highest BCUT2D eigenvalue weighted by Gasteiger charge is 1.93. The Kier molecular flexibility index (Phi) is 5.51. The molecule has 90 valence electrons. The lowest BCUT2D eigenvalue weighted by Gasteiger charge is -2.04. The second-order valence-corrected chi connectivity index (χ2v) is 3.52. The normalized spacial score (nSPS) is 11.5. The SMILES string of the molecule is CC=N/C(C)=C\NCc1cccc(NC=O)c1. The molecule has 0 aliphatic carbocycles. The second kappa shape index (κ2) is 7.22. The molecule has 0 aliphatic heterocycles. The fourth-order valence-corrected chi connectivity index (χ4v) is 1.40. The molecule has 1 aromatic rings. The Hall–Kier alpha value is -2.10. The fraction of sp³-hybridized carbons (Fsp3) is 0.231. The lowest BCUT2D eigenvalue weighted by atomic mass is 10.2. The van der Waals surface area contributed by atoms with E-state index in [9.17, 15) is 4.79 Å². The van der Waals surface area contributed by atoms with Gasteiger partial charge in [-0.05, 0) is 31.5 Å². The number of nitrogens with one attached hydrogen (secondary N) is 2. The molecule has 0 aliphatic rings. The van der Waals surface area contributed by atoms with E-state index in [1.54, 1.807) is 6.21 Å². The summed E-state index contributed by atoms with van der Waals surface area (Å²) in [5.74, 6) is 0. The number of hydrogen-bond donors (Lipinski definition) is 2. The molecule has 0 spiro atoms. The quantitative estimate of drug-likeness (QED) is 0.583. The topological polar surface area (TPSA) is 53.5 Å². The van der Waals surface area contributed by atoms with Crippen LogP contribution < -0.4 is 10.6 Å². The maximum atomic E-state index is 10.3. The molecule has 4 heteroatoms. The summed E-state index contributed by atoms with van der Waals surface area (Å²) in [6.07, 6.45) is 4.29. The molecule has 0 unspecified atom stereocenters. The molecule has 0 heterocycles. The van der Waals surface area contributed by atoms with E-state index in [4.69, 9.17) is 0 Å². The summed E-state index contributed by atoms with van der Waals surface area (Å²) in [5, 5.41) is 5.78. The van der Waals surface area contributed by atoms with Crippen molar-refractivity contribution in [1.29, 1.82) is 0 Å². The first-order valence-corrected chi connectivity index (χ1v) is 5.44. The zero-order chi connectivity index (χ0) is 12.5. The third kappa shape index (κ3) is 4.97. The number of benzene rings is 1. The molecular formula is C13H17N3O. The monoisotopic (exact) mass is 231 g/mol. The first kappa shape index (κ1) is 13.0. The van der Waals surface area contributed by atoms with Gasteiger partial charge in [-0.3, -0.25) is 9.79 Å². The average molecular weight is 231 g/mol. The minimum absolute atomic E-state index is 0.673. The summed E-state index contributed by atoms with van der Waals surface area (Å²) in [6, 6.07) is 7.67. The van der Waals surface area contributed by atoms with Crippen molar-refractivity contribution >= 4 is 18.3 Å². The van der Waals surface area contributed by atoms with Crippen molar-refractivity contribution in [2.45, 2.75) is 20.4 Å². The molecule has 0 fully saturated rings. The van der Waals surface area contributed by atoms with Crippen LogP contribution in [0.3, 0.4) is 0 Å². The standard InChI is InChI=1S/C13H17N3O/c1-3-15-11(2)8-14-9-12-5-4-6-13(7-12)16-10-17/h3-8,10,14H,9H2,1-2H3,(H,16,17)/b11-8-,15-3?. The van der Waals surface area contributed by atoms with E-state index >= 15 is 0 Å². The Morgan fingerprint density at radius 3 is 3.00 bits per heavy atom. The number of carbonyl (C=O) groups excluding carboxylic acids is 1. The van der Waals surface area contributed by atoms with E-state index in [-0.39, 0.29) is 0 Å². The van der Waals surface area contributed by atoms with Crippen LogP contribution in [-0.2, 0) is 11.3 Å². The van der Waals surface area contributed by atoms with Gasteiger partial charge in [0.25, 0.3) is 0 Å². The molecule has 0 aromatic heterocycles. The van der Waals surface area contributed by atoms with Crippen LogP contribution in [0.1, 0.15) is 19.4 Å². The van der Waals surface area contributed by atoms with Crippen LogP contribution in [0.4, 0.5) is 5.69 Å². The zero-order valence-corrected chi connectivity index (χ0v) is 10.1. The van der Waals surface area contributed by atoms with E-state index in [0.29, 0.717) is 13.0 Å². The van der Waals surface area contributed by atoms with Crippen molar-refractivity contribution in [1.82, 2.24) is 5.32 Å².